The fourth-order valence-corrected chi connectivity index (χ4v) is 1.60. The fourth-order valence-electron chi connectivity index (χ4n) is 1.60. The lowest BCUT2D eigenvalue weighted by atomic mass is 10.0. The van der Waals surface area contributed by atoms with E-state index in [2.05, 4.69) is 11.9 Å². The number of rotatable bonds is 7. The molecule has 4 heteroatoms. The minimum atomic E-state index is -0.264. The number of amides is 1. The molecule has 1 atom stereocenters. The van der Waals surface area contributed by atoms with Gasteiger partial charge in [-0.2, -0.15) is 0 Å². The zero-order valence-electron chi connectivity index (χ0n) is 11.4. The predicted octanol–water partition coefficient (Wildman–Crippen LogP) is 2.00. The van der Waals surface area contributed by atoms with Crippen molar-refractivity contribution in [1.82, 2.24) is 5.32 Å². The summed E-state index contributed by atoms with van der Waals surface area (Å²) < 4.78 is 5.44. The van der Waals surface area contributed by atoms with E-state index in [0.717, 1.165) is 0 Å². The highest BCUT2D eigenvalue weighted by atomic mass is 16.5. The van der Waals surface area contributed by atoms with Crippen LogP contribution in [0.2, 0.25) is 0 Å². The fraction of sp³-hybridized carbons (Fsp3) is 0.400. The normalized spacial score (nSPS) is 12.0. The maximum atomic E-state index is 12.2. The number of benzene rings is 1. The van der Waals surface area contributed by atoms with Crippen LogP contribution in [0.4, 0.5) is 0 Å². The molecule has 1 aromatic rings. The number of aliphatic hydroxyl groups is 1. The molecule has 0 bridgehead atoms. The Balaban J connectivity index is 2.83. The molecule has 1 aromatic carbocycles. The Morgan fingerprint density at radius 3 is 2.74 bits per heavy atom. The van der Waals surface area contributed by atoms with E-state index in [1.54, 1.807) is 30.3 Å². The van der Waals surface area contributed by atoms with Crippen LogP contribution >= 0.6 is 0 Å². The molecule has 0 saturated heterocycles. The van der Waals surface area contributed by atoms with Crippen molar-refractivity contribution in [2.75, 3.05) is 13.2 Å². The molecule has 0 aromatic heterocycles. The standard InChI is InChI=1S/C15H21NO3/c1-4-9-19-14-8-6-5-7-12(14)15(18)16-13(10-17)11(2)3/h4-8,11,13,17H,1,9-10H2,2-3H3,(H,16,18). The first kappa shape index (κ1) is 15.2. The number of nitrogens with one attached hydrogen (secondary N) is 1. The van der Waals surface area contributed by atoms with Crippen molar-refractivity contribution in [1.29, 1.82) is 0 Å². The third-order valence-corrected chi connectivity index (χ3v) is 2.81. The van der Waals surface area contributed by atoms with E-state index >= 15 is 0 Å². The van der Waals surface area contributed by atoms with Crippen LogP contribution in [0.5, 0.6) is 5.75 Å². The Morgan fingerprint density at radius 1 is 1.47 bits per heavy atom. The molecule has 0 aliphatic heterocycles. The van der Waals surface area contributed by atoms with Crippen LogP contribution in [0.3, 0.4) is 0 Å². The molecule has 0 radical (unpaired) electrons. The SMILES string of the molecule is C=CCOc1ccccc1C(=O)NC(CO)C(C)C. The maximum Gasteiger partial charge on any atom is 0.255 e. The van der Waals surface area contributed by atoms with Gasteiger partial charge in [0, 0.05) is 0 Å². The van der Waals surface area contributed by atoms with Crippen LogP contribution in [0, 0.1) is 5.92 Å². The Hall–Kier alpha value is -1.81. The summed E-state index contributed by atoms with van der Waals surface area (Å²) in [5.41, 5.74) is 0.462. The Morgan fingerprint density at radius 2 is 2.16 bits per heavy atom. The number of aliphatic hydroxyl groups excluding tert-OH is 1. The van der Waals surface area contributed by atoms with Crippen LogP contribution in [0.25, 0.3) is 0 Å². The third kappa shape index (κ3) is 4.41. The summed E-state index contributed by atoms with van der Waals surface area (Å²) >= 11 is 0. The maximum absolute atomic E-state index is 12.2. The van der Waals surface area contributed by atoms with Crippen molar-refractivity contribution >= 4 is 5.91 Å². The summed E-state index contributed by atoms with van der Waals surface area (Å²) in [6.07, 6.45) is 1.62. The van der Waals surface area contributed by atoms with Gasteiger partial charge in [0.25, 0.3) is 5.91 Å². The Kier molecular flexibility index (Phi) is 6.09. The minimum absolute atomic E-state index is 0.0842. The largest absolute Gasteiger partial charge is 0.489 e. The summed E-state index contributed by atoms with van der Waals surface area (Å²) in [6.45, 7) is 7.73. The van der Waals surface area contributed by atoms with Gasteiger partial charge in [-0.25, -0.2) is 0 Å². The average molecular weight is 263 g/mol. The average Bonchev–Trinajstić information content (AvgIpc) is 2.42. The summed E-state index contributed by atoms with van der Waals surface area (Å²) in [7, 11) is 0. The van der Waals surface area contributed by atoms with E-state index < -0.39 is 0 Å². The molecule has 0 aliphatic carbocycles. The number of carbonyl (C=O) groups excluding carboxylic acids is 1. The first-order valence-electron chi connectivity index (χ1n) is 6.34. The molecular weight excluding hydrogens is 242 g/mol. The van der Waals surface area contributed by atoms with Crippen molar-refractivity contribution < 1.29 is 14.6 Å². The Bertz CT molecular complexity index is 429. The van der Waals surface area contributed by atoms with Gasteiger partial charge in [0.2, 0.25) is 0 Å². The van der Waals surface area contributed by atoms with Gasteiger partial charge in [-0.3, -0.25) is 4.79 Å². The van der Waals surface area contributed by atoms with E-state index in [-0.39, 0.29) is 24.5 Å². The van der Waals surface area contributed by atoms with Crippen molar-refractivity contribution in [2.45, 2.75) is 19.9 Å². The van der Waals surface area contributed by atoms with E-state index in [9.17, 15) is 9.90 Å². The third-order valence-electron chi connectivity index (χ3n) is 2.81. The number of para-hydroxylation sites is 1. The van der Waals surface area contributed by atoms with Crippen molar-refractivity contribution in [3.05, 3.63) is 42.5 Å². The minimum Gasteiger partial charge on any atom is -0.489 e. The molecule has 4 nitrogen and oxygen atoms in total. The molecular formula is C15H21NO3. The van der Waals surface area contributed by atoms with E-state index in [0.29, 0.717) is 17.9 Å². The second-order valence-electron chi connectivity index (χ2n) is 4.60. The van der Waals surface area contributed by atoms with Crippen LogP contribution in [0.15, 0.2) is 36.9 Å². The van der Waals surface area contributed by atoms with Gasteiger partial charge >= 0.3 is 0 Å². The molecule has 0 saturated carbocycles. The van der Waals surface area contributed by atoms with Gasteiger partial charge < -0.3 is 15.2 Å². The number of hydrogen-bond donors (Lipinski definition) is 2. The van der Waals surface area contributed by atoms with Gasteiger partial charge in [0.15, 0.2) is 0 Å². The monoisotopic (exact) mass is 263 g/mol. The highest BCUT2D eigenvalue weighted by molar-refractivity contribution is 5.97. The highest BCUT2D eigenvalue weighted by Crippen LogP contribution is 2.18. The Labute approximate surface area is 114 Å². The van der Waals surface area contributed by atoms with Gasteiger partial charge in [0.1, 0.15) is 12.4 Å². The topological polar surface area (TPSA) is 58.6 Å². The number of ether oxygens (including phenoxy) is 1. The zero-order valence-corrected chi connectivity index (χ0v) is 11.4. The van der Waals surface area contributed by atoms with E-state index in [1.807, 2.05) is 13.8 Å². The van der Waals surface area contributed by atoms with E-state index in [4.69, 9.17) is 4.74 Å². The van der Waals surface area contributed by atoms with Crippen LogP contribution in [0.1, 0.15) is 24.2 Å². The van der Waals surface area contributed by atoms with Gasteiger partial charge in [-0.05, 0) is 18.1 Å². The summed E-state index contributed by atoms with van der Waals surface area (Å²) in [5.74, 6) is 0.433. The molecule has 2 N–H and O–H groups in total. The van der Waals surface area contributed by atoms with Crippen molar-refractivity contribution in [3.8, 4) is 5.75 Å². The zero-order chi connectivity index (χ0) is 14.3. The second kappa shape index (κ2) is 7.59. The molecule has 0 fully saturated rings. The lowest BCUT2D eigenvalue weighted by molar-refractivity contribution is 0.0893. The molecule has 104 valence electrons. The second-order valence-corrected chi connectivity index (χ2v) is 4.60. The first-order chi connectivity index (χ1) is 9.10. The van der Waals surface area contributed by atoms with Gasteiger partial charge in [0.05, 0.1) is 18.2 Å². The van der Waals surface area contributed by atoms with Crippen LogP contribution < -0.4 is 10.1 Å². The molecule has 0 heterocycles. The lowest BCUT2D eigenvalue weighted by Gasteiger charge is -2.20. The lowest BCUT2D eigenvalue weighted by Crippen LogP contribution is -2.41. The summed E-state index contributed by atoms with van der Waals surface area (Å²) in [6, 6.07) is 6.75. The quantitative estimate of drug-likeness (QED) is 0.740. The molecule has 0 spiro atoms. The van der Waals surface area contributed by atoms with Crippen LogP contribution in [-0.4, -0.2) is 30.3 Å². The molecule has 1 rings (SSSR count). The van der Waals surface area contributed by atoms with Gasteiger partial charge in [-0.15, -0.1) is 0 Å². The summed E-state index contributed by atoms with van der Waals surface area (Å²) in [4.78, 5) is 12.2. The molecule has 19 heavy (non-hydrogen) atoms. The highest BCUT2D eigenvalue weighted by Gasteiger charge is 2.18. The van der Waals surface area contributed by atoms with E-state index in [1.165, 1.54) is 0 Å². The van der Waals surface area contributed by atoms with Gasteiger partial charge in [-0.1, -0.05) is 38.6 Å². The molecule has 0 aliphatic rings. The number of carbonyl (C=O) groups is 1. The predicted molar refractivity (Wildman–Crippen MR) is 75.3 cm³/mol. The van der Waals surface area contributed by atoms with Crippen molar-refractivity contribution in [3.63, 3.8) is 0 Å². The van der Waals surface area contributed by atoms with Crippen molar-refractivity contribution in [2.24, 2.45) is 5.92 Å². The van der Waals surface area contributed by atoms with Crippen LogP contribution in [-0.2, 0) is 0 Å². The molecule has 1 amide bonds. The summed E-state index contributed by atoms with van der Waals surface area (Å²) in [5, 5.41) is 12.0. The first-order valence-corrected chi connectivity index (χ1v) is 6.34. The number of hydrogen-bond acceptors (Lipinski definition) is 3. The smallest absolute Gasteiger partial charge is 0.255 e. The molecule has 1 unspecified atom stereocenters.